The quantitative estimate of drug-likeness (QED) is 0.233. The molecule has 1 aromatic heterocycles. The van der Waals surface area contributed by atoms with Gasteiger partial charge in [-0.2, -0.15) is 0 Å². The average Bonchev–Trinajstić information content (AvgIpc) is 2.95. The lowest BCUT2D eigenvalue weighted by Crippen LogP contribution is -2.26. The minimum atomic E-state index is 0.0652. The summed E-state index contributed by atoms with van der Waals surface area (Å²) < 4.78 is 0. The summed E-state index contributed by atoms with van der Waals surface area (Å²) in [5.41, 5.74) is 10.6. The van der Waals surface area contributed by atoms with E-state index < -0.39 is 0 Å². The van der Waals surface area contributed by atoms with Gasteiger partial charge in [0.05, 0.1) is 5.52 Å². The molecule has 3 N–H and O–H groups in total. The second-order valence-corrected chi connectivity index (χ2v) is 10.6. The number of rotatable bonds is 8. The summed E-state index contributed by atoms with van der Waals surface area (Å²) in [6.07, 6.45) is 8.81. The fourth-order valence-electron chi connectivity index (χ4n) is 5.25. The van der Waals surface area contributed by atoms with E-state index in [-0.39, 0.29) is 5.78 Å². The molecular formula is C32H33ClN4O. The Bertz CT molecular complexity index is 1460. The maximum absolute atomic E-state index is 11.7. The summed E-state index contributed by atoms with van der Waals surface area (Å²) >= 11 is 6.29. The van der Waals surface area contributed by atoms with Gasteiger partial charge < -0.3 is 11.1 Å². The normalized spacial score (nSPS) is 17.7. The number of fused-ring (bicyclic) bond motifs is 1. The van der Waals surface area contributed by atoms with Crippen molar-refractivity contribution in [3.63, 3.8) is 0 Å². The molecule has 2 atom stereocenters. The van der Waals surface area contributed by atoms with E-state index in [1.54, 1.807) is 6.92 Å². The van der Waals surface area contributed by atoms with Crippen molar-refractivity contribution in [2.24, 2.45) is 17.6 Å². The van der Waals surface area contributed by atoms with Crippen molar-refractivity contribution in [1.29, 1.82) is 0 Å². The van der Waals surface area contributed by atoms with Gasteiger partial charge in [-0.1, -0.05) is 66.6 Å². The molecule has 1 fully saturated rings. The van der Waals surface area contributed by atoms with E-state index >= 15 is 0 Å². The van der Waals surface area contributed by atoms with E-state index in [1.165, 1.54) is 25.7 Å². The monoisotopic (exact) mass is 524 g/mol. The standard InChI is InChI=1S/C32H33ClN4O/c1-21(38)26-6-3-7-27(17-26)25-11-8-22(9-12-25)10-15-31-36-30-18-28(33)13-14-29(30)32(37-31)35-20-24-5-2-4-23(16-24)19-34/h3,6-15,17-18,23-24H,2,4-5,16,19-20,34H2,1H3,(H,35,36,37). The van der Waals surface area contributed by atoms with Gasteiger partial charge in [0.1, 0.15) is 5.82 Å². The van der Waals surface area contributed by atoms with Crippen molar-refractivity contribution in [2.75, 3.05) is 18.4 Å². The molecule has 0 aliphatic heterocycles. The van der Waals surface area contributed by atoms with Crippen LogP contribution >= 0.6 is 11.6 Å². The van der Waals surface area contributed by atoms with Gasteiger partial charge in [0.25, 0.3) is 0 Å². The molecule has 1 aliphatic rings. The Morgan fingerprint density at radius 1 is 1.00 bits per heavy atom. The predicted molar refractivity (Wildman–Crippen MR) is 158 cm³/mol. The molecule has 0 spiro atoms. The highest BCUT2D eigenvalue weighted by atomic mass is 35.5. The second-order valence-electron chi connectivity index (χ2n) is 10.2. The molecule has 0 amide bonds. The molecule has 0 saturated heterocycles. The number of carbonyl (C=O) groups excluding carboxylic acids is 1. The molecule has 1 saturated carbocycles. The van der Waals surface area contributed by atoms with E-state index in [0.29, 0.717) is 28.2 Å². The van der Waals surface area contributed by atoms with Crippen LogP contribution in [0.15, 0.2) is 66.7 Å². The number of halogens is 1. The summed E-state index contributed by atoms with van der Waals surface area (Å²) in [7, 11) is 0. The zero-order valence-corrected chi connectivity index (χ0v) is 22.4. The Morgan fingerprint density at radius 3 is 2.61 bits per heavy atom. The third-order valence-electron chi connectivity index (χ3n) is 7.40. The molecule has 0 radical (unpaired) electrons. The molecule has 194 valence electrons. The van der Waals surface area contributed by atoms with Crippen LogP contribution in [0.5, 0.6) is 0 Å². The molecule has 4 aromatic rings. The van der Waals surface area contributed by atoms with Gasteiger partial charge >= 0.3 is 0 Å². The highest BCUT2D eigenvalue weighted by Crippen LogP contribution is 2.30. The van der Waals surface area contributed by atoms with Crippen LogP contribution < -0.4 is 11.1 Å². The van der Waals surface area contributed by atoms with Gasteiger partial charge in [-0.15, -0.1) is 0 Å². The number of carbonyl (C=O) groups is 1. The molecule has 38 heavy (non-hydrogen) atoms. The summed E-state index contributed by atoms with van der Waals surface area (Å²) in [6.45, 7) is 3.23. The van der Waals surface area contributed by atoms with Crippen molar-refractivity contribution < 1.29 is 4.79 Å². The van der Waals surface area contributed by atoms with Crippen molar-refractivity contribution in [3.05, 3.63) is 88.7 Å². The molecule has 1 heterocycles. The van der Waals surface area contributed by atoms with E-state index in [4.69, 9.17) is 27.3 Å². The molecule has 3 aromatic carbocycles. The fraction of sp³-hybridized carbons (Fsp3) is 0.281. The number of hydrogen-bond acceptors (Lipinski definition) is 5. The van der Waals surface area contributed by atoms with Crippen LogP contribution in [0.1, 0.15) is 54.4 Å². The maximum Gasteiger partial charge on any atom is 0.159 e. The lowest BCUT2D eigenvalue weighted by atomic mass is 9.81. The third kappa shape index (κ3) is 6.29. The van der Waals surface area contributed by atoms with Crippen LogP contribution in [-0.2, 0) is 0 Å². The lowest BCUT2D eigenvalue weighted by molar-refractivity contribution is 0.101. The molecular weight excluding hydrogens is 492 g/mol. The topological polar surface area (TPSA) is 80.9 Å². The smallest absolute Gasteiger partial charge is 0.159 e. The van der Waals surface area contributed by atoms with Crippen LogP contribution in [0, 0.1) is 11.8 Å². The Labute approximate surface area is 229 Å². The SMILES string of the molecule is CC(=O)c1cccc(-c2ccc(C=Cc3nc(NCC4CCCC(CN)C4)c4ccc(Cl)cc4n3)cc2)c1. The number of Topliss-reactive ketones (excluding diaryl/α,β-unsaturated/α-hetero) is 1. The van der Waals surface area contributed by atoms with Crippen molar-refractivity contribution in [3.8, 4) is 11.1 Å². The number of ketones is 1. The van der Waals surface area contributed by atoms with Crippen LogP contribution in [0.3, 0.4) is 0 Å². The van der Waals surface area contributed by atoms with Gasteiger partial charge in [-0.3, -0.25) is 4.79 Å². The second kappa shape index (κ2) is 11.9. The van der Waals surface area contributed by atoms with Crippen LogP contribution in [0.25, 0.3) is 34.2 Å². The lowest BCUT2D eigenvalue weighted by Gasteiger charge is -2.28. The first-order valence-corrected chi connectivity index (χ1v) is 13.7. The van der Waals surface area contributed by atoms with Crippen molar-refractivity contribution in [2.45, 2.75) is 32.6 Å². The minimum absolute atomic E-state index is 0.0652. The van der Waals surface area contributed by atoms with Gasteiger partial charge in [-0.05, 0) is 91.6 Å². The summed E-state index contributed by atoms with van der Waals surface area (Å²) in [5.74, 6) is 2.75. The number of benzene rings is 3. The Morgan fingerprint density at radius 2 is 1.82 bits per heavy atom. The fourth-order valence-corrected chi connectivity index (χ4v) is 5.41. The Kier molecular flexibility index (Phi) is 8.16. The van der Waals surface area contributed by atoms with E-state index in [1.807, 2.05) is 54.6 Å². The first-order valence-electron chi connectivity index (χ1n) is 13.3. The van der Waals surface area contributed by atoms with Gasteiger partial charge in [0.2, 0.25) is 0 Å². The van der Waals surface area contributed by atoms with Gasteiger partial charge in [-0.25, -0.2) is 9.97 Å². The minimum Gasteiger partial charge on any atom is -0.369 e. The summed E-state index contributed by atoms with van der Waals surface area (Å²) in [6, 6.07) is 21.7. The number of aromatic nitrogens is 2. The largest absolute Gasteiger partial charge is 0.369 e. The number of nitrogens with zero attached hydrogens (tertiary/aromatic N) is 2. The zero-order chi connectivity index (χ0) is 26.5. The highest BCUT2D eigenvalue weighted by molar-refractivity contribution is 6.31. The number of nitrogens with one attached hydrogen (secondary N) is 1. The van der Waals surface area contributed by atoms with Gasteiger partial charge in [0, 0.05) is 22.5 Å². The third-order valence-corrected chi connectivity index (χ3v) is 7.63. The summed E-state index contributed by atoms with van der Waals surface area (Å²) in [5, 5.41) is 5.23. The first-order chi connectivity index (χ1) is 18.5. The molecule has 2 unspecified atom stereocenters. The van der Waals surface area contributed by atoms with Crippen LogP contribution in [0.4, 0.5) is 5.82 Å². The zero-order valence-electron chi connectivity index (χ0n) is 21.7. The Balaban J connectivity index is 1.35. The highest BCUT2D eigenvalue weighted by Gasteiger charge is 2.21. The number of anilines is 1. The molecule has 1 aliphatic carbocycles. The average molecular weight is 525 g/mol. The molecule has 5 rings (SSSR count). The molecule has 0 bridgehead atoms. The number of nitrogens with two attached hydrogens (primary N) is 1. The van der Waals surface area contributed by atoms with Crippen molar-refractivity contribution in [1.82, 2.24) is 9.97 Å². The Hall–Kier alpha value is -3.54. The van der Waals surface area contributed by atoms with E-state index in [2.05, 4.69) is 29.6 Å². The van der Waals surface area contributed by atoms with Gasteiger partial charge in [0.15, 0.2) is 11.6 Å². The molecule has 6 heteroatoms. The number of hydrogen-bond donors (Lipinski definition) is 2. The predicted octanol–water partition coefficient (Wildman–Crippen LogP) is 7.50. The van der Waals surface area contributed by atoms with Crippen LogP contribution in [-0.4, -0.2) is 28.8 Å². The summed E-state index contributed by atoms with van der Waals surface area (Å²) in [4.78, 5) is 21.3. The van der Waals surface area contributed by atoms with E-state index in [9.17, 15) is 4.79 Å². The van der Waals surface area contributed by atoms with E-state index in [0.717, 1.165) is 46.5 Å². The maximum atomic E-state index is 11.7. The first kappa shape index (κ1) is 26.1. The molecule has 5 nitrogen and oxygen atoms in total. The van der Waals surface area contributed by atoms with Crippen LogP contribution in [0.2, 0.25) is 5.02 Å². The van der Waals surface area contributed by atoms with Crippen molar-refractivity contribution >= 4 is 46.3 Å².